The second-order valence-electron chi connectivity index (χ2n) is 7.61. The Balaban J connectivity index is 1.44. The molecule has 0 saturated heterocycles. The van der Waals surface area contributed by atoms with Gasteiger partial charge >= 0.3 is 0 Å². The van der Waals surface area contributed by atoms with Crippen molar-refractivity contribution < 1.29 is 18.4 Å². The molecule has 0 spiro atoms. The lowest BCUT2D eigenvalue weighted by Crippen LogP contribution is -2.31. The first-order chi connectivity index (χ1) is 16.1. The standard InChI is InChI=1S/C27H20N2O4/c1-17-7-2-3-9-20(17)26(30)29-23(16-19-8-6-14-32-19)27(31)28-18-12-13-22-21-10-4-5-11-24(21)33-25(22)15-18/h2-16H,1H3,(H,28,31)(H,29,30)/b23-16-. The van der Waals surface area contributed by atoms with E-state index in [0.717, 1.165) is 21.9 Å². The highest BCUT2D eigenvalue weighted by molar-refractivity contribution is 6.12. The van der Waals surface area contributed by atoms with Crippen LogP contribution in [0.4, 0.5) is 5.69 Å². The minimum Gasteiger partial charge on any atom is -0.465 e. The Kier molecular flexibility index (Phi) is 5.24. The van der Waals surface area contributed by atoms with Gasteiger partial charge < -0.3 is 19.5 Å². The summed E-state index contributed by atoms with van der Waals surface area (Å²) in [4.78, 5) is 26.0. The number of anilines is 1. The summed E-state index contributed by atoms with van der Waals surface area (Å²) in [5.74, 6) is -0.421. The molecule has 33 heavy (non-hydrogen) atoms. The Morgan fingerprint density at radius 2 is 1.64 bits per heavy atom. The van der Waals surface area contributed by atoms with Crippen molar-refractivity contribution in [1.29, 1.82) is 0 Å². The van der Waals surface area contributed by atoms with Gasteiger partial charge in [0.15, 0.2) is 0 Å². The van der Waals surface area contributed by atoms with Gasteiger partial charge in [-0.2, -0.15) is 0 Å². The highest BCUT2D eigenvalue weighted by Crippen LogP contribution is 2.30. The average molecular weight is 436 g/mol. The van der Waals surface area contributed by atoms with E-state index in [4.69, 9.17) is 8.83 Å². The van der Waals surface area contributed by atoms with Crippen molar-refractivity contribution in [3.63, 3.8) is 0 Å². The maximum Gasteiger partial charge on any atom is 0.272 e. The number of para-hydroxylation sites is 1. The SMILES string of the molecule is Cc1ccccc1C(=O)N/C(=C\c1ccco1)C(=O)Nc1ccc2c(c1)oc1ccccc12. The maximum absolute atomic E-state index is 13.1. The molecule has 0 fully saturated rings. The Morgan fingerprint density at radius 1 is 0.848 bits per heavy atom. The zero-order chi connectivity index (χ0) is 22.8. The summed E-state index contributed by atoms with van der Waals surface area (Å²) in [5, 5.41) is 7.53. The molecule has 0 aliphatic rings. The minimum atomic E-state index is -0.483. The molecular formula is C27H20N2O4. The van der Waals surface area contributed by atoms with E-state index in [2.05, 4.69) is 10.6 Å². The fourth-order valence-electron chi connectivity index (χ4n) is 3.69. The predicted octanol–water partition coefficient (Wildman–Crippen LogP) is 5.90. The molecule has 2 N–H and O–H groups in total. The van der Waals surface area contributed by atoms with E-state index in [9.17, 15) is 9.59 Å². The van der Waals surface area contributed by atoms with Crippen LogP contribution in [0.2, 0.25) is 0 Å². The molecule has 0 unspecified atom stereocenters. The average Bonchev–Trinajstić information content (AvgIpc) is 3.46. The maximum atomic E-state index is 13.1. The number of hydrogen-bond donors (Lipinski definition) is 2. The number of nitrogens with one attached hydrogen (secondary N) is 2. The summed E-state index contributed by atoms with van der Waals surface area (Å²) in [6.45, 7) is 1.84. The number of furan rings is 2. The molecular weight excluding hydrogens is 416 g/mol. The summed E-state index contributed by atoms with van der Waals surface area (Å²) in [6, 6.07) is 23.8. The zero-order valence-corrected chi connectivity index (χ0v) is 17.8. The Labute approximate surface area is 189 Å². The number of fused-ring (bicyclic) bond motifs is 3. The fraction of sp³-hybridized carbons (Fsp3) is 0.0370. The Bertz CT molecular complexity index is 1510. The van der Waals surface area contributed by atoms with Crippen LogP contribution in [-0.4, -0.2) is 11.8 Å². The van der Waals surface area contributed by atoms with Crippen molar-refractivity contribution in [3.05, 3.63) is 108 Å². The topological polar surface area (TPSA) is 84.5 Å². The second-order valence-corrected chi connectivity index (χ2v) is 7.61. The first kappa shape index (κ1) is 20.3. The lowest BCUT2D eigenvalue weighted by atomic mass is 10.1. The molecule has 6 heteroatoms. The molecule has 2 amide bonds. The fourth-order valence-corrected chi connectivity index (χ4v) is 3.69. The van der Waals surface area contributed by atoms with Gasteiger partial charge in [-0.25, -0.2) is 0 Å². The van der Waals surface area contributed by atoms with E-state index in [1.165, 1.54) is 12.3 Å². The van der Waals surface area contributed by atoms with Gasteiger partial charge in [0.25, 0.3) is 11.8 Å². The third-order valence-electron chi connectivity index (χ3n) is 5.35. The number of carbonyl (C=O) groups excluding carboxylic acids is 2. The van der Waals surface area contributed by atoms with Crippen LogP contribution in [-0.2, 0) is 4.79 Å². The van der Waals surface area contributed by atoms with Crippen LogP contribution >= 0.6 is 0 Å². The van der Waals surface area contributed by atoms with E-state index < -0.39 is 5.91 Å². The number of benzene rings is 3. The van der Waals surface area contributed by atoms with Crippen LogP contribution in [0.1, 0.15) is 21.7 Å². The van der Waals surface area contributed by atoms with Crippen LogP contribution in [0.15, 0.2) is 99.7 Å². The summed E-state index contributed by atoms with van der Waals surface area (Å²) in [5.41, 5.74) is 3.33. The molecule has 2 heterocycles. The van der Waals surface area contributed by atoms with E-state index in [1.807, 2.05) is 49.4 Å². The first-order valence-electron chi connectivity index (χ1n) is 10.4. The van der Waals surface area contributed by atoms with E-state index >= 15 is 0 Å². The molecule has 5 aromatic rings. The number of aryl methyl sites for hydroxylation is 1. The van der Waals surface area contributed by atoms with Gasteiger partial charge in [0, 0.05) is 34.2 Å². The molecule has 0 radical (unpaired) electrons. The lowest BCUT2D eigenvalue weighted by molar-refractivity contribution is -0.113. The van der Waals surface area contributed by atoms with Gasteiger partial charge in [0.2, 0.25) is 0 Å². The van der Waals surface area contributed by atoms with Gasteiger partial charge in [0.1, 0.15) is 22.6 Å². The second kappa shape index (κ2) is 8.51. The van der Waals surface area contributed by atoms with Crippen molar-refractivity contribution >= 4 is 45.5 Å². The van der Waals surface area contributed by atoms with Crippen LogP contribution in [0.5, 0.6) is 0 Å². The number of amides is 2. The molecule has 0 atom stereocenters. The molecule has 0 aliphatic carbocycles. The lowest BCUT2D eigenvalue weighted by Gasteiger charge is -2.12. The van der Waals surface area contributed by atoms with Crippen molar-refractivity contribution in [3.8, 4) is 0 Å². The predicted molar refractivity (Wildman–Crippen MR) is 128 cm³/mol. The Morgan fingerprint density at radius 3 is 2.45 bits per heavy atom. The van der Waals surface area contributed by atoms with Gasteiger partial charge in [-0.05, 0) is 48.9 Å². The summed E-state index contributed by atoms with van der Waals surface area (Å²) in [6.07, 6.45) is 2.99. The van der Waals surface area contributed by atoms with Gasteiger partial charge in [-0.15, -0.1) is 0 Å². The van der Waals surface area contributed by atoms with E-state index in [1.54, 1.807) is 36.4 Å². The van der Waals surface area contributed by atoms with Crippen molar-refractivity contribution in [2.75, 3.05) is 5.32 Å². The molecule has 5 rings (SSSR count). The molecule has 162 valence electrons. The van der Waals surface area contributed by atoms with Crippen LogP contribution in [0.3, 0.4) is 0 Å². The third kappa shape index (κ3) is 4.14. The highest BCUT2D eigenvalue weighted by atomic mass is 16.3. The number of hydrogen-bond acceptors (Lipinski definition) is 4. The largest absolute Gasteiger partial charge is 0.465 e. The molecule has 0 aliphatic heterocycles. The van der Waals surface area contributed by atoms with Gasteiger partial charge in [-0.3, -0.25) is 9.59 Å². The monoisotopic (exact) mass is 436 g/mol. The highest BCUT2D eigenvalue weighted by Gasteiger charge is 2.17. The zero-order valence-electron chi connectivity index (χ0n) is 17.8. The number of rotatable bonds is 5. The number of carbonyl (C=O) groups is 2. The first-order valence-corrected chi connectivity index (χ1v) is 10.4. The van der Waals surface area contributed by atoms with Gasteiger partial charge in [0.05, 0.1) is 6.26 Å². The Hall–Kier alpha value is -4.58. The summed E-state index contributed by atoms with van der Waals surface area (Å²) >= 11 is 0. The minimum absolute atomic E-state index is 0.0582. The van der Waals surface area contributed by atoms with Crippen LogP contribution in [0, 0.1) is 6.92 Å². The van der Waals surface area contributed by atoms with Gasteiger partial charge in [-0.1, -0.05) is 36.4 Å². The van der Waals surface area contributed by atoms with Crippen LogP contribution in [0.25, 0.3) is 28.0 Å². The summed E-state index contributed by atoms with van der Waals surface area (Å²) < 4.78 is 11.2. The smallest absolute Gasteiger partial charge is 0.272 e. The molecule has 0 saturated carbocycles. The molecule has 6 nitrogen and oxygen atoms in total. The quantitative estimate of drug-likeness (QED) is 0.336. The third-order valence-corrected chi connectivity index (χ3v) is 5.35. The van der Waals surface area contributed by atoms with E-state index in [-0.39, 0.29) is 11.6 Å². The van der Waals surface area contributed by atoms with Crippen molar-refractivity contribution in [1.82, 2.24) is 5.32 Å². The molecule has 2 aromatic heterocycles. The molecule has 0 bridgehead atoms. The molecule has 3 aromatic carbocycles. The van der Waals surface area contributed by atoms with Crippen molar-refractivity contribution in [2.45, 2.75) is 6.92 Å². The normalized spacial score (nSPS) is 11.6. The van der Waals surface area contributed by atoms with E-state index in [0.29, 0.717) is 22.6 Å². The van der Waals surface area contributed by atoms with Crippen molar-refractivity contribution in [2.24, 2.45) is 0 Å². The summed E-state index contributed by atoms with van der Waals surface area (Å²) in [7, 11) is 0. The van der Waals surface area contributed by atoms with Crippen LogP contribution < -0.4 is 10.6 Å².